The number of fused-ring (bicyclic) bond motifs is 1. The molecule has 11 heteroatoms. The predicted octanol–water partition coefficient (Wildman–Crippen LogP) is 5.54. The summed E-state index contributed by atoms with van der Waals surface area (Å²) in [6.07, 6.45) is -4.05. The van der Waals surface area contributed by atoms with Gasteiger partial charge in [0, 0.05) is 13.1 Å². The molecule has 4 aromatic rings. The SMILES string of the molecule is COc1cccc2c1n(Cc1sc(C)nc1C(F)(F)F)c(=O)n2[C@@H]1CCN(c2c(C)cccc2F)C1. The van der Waals surface area contributed by atoms with Gasteiger partial charge in [-0.15, -0.1) is 11.3 Å². The number of para-hydroxylation sites is 2. The molecule has 1 atom stereocenters. The van der Waals surface area contributed by atoms with Crippen LogP contribution in [-0.4, -0.2) is 34.3 Å². The van der Waals surface area contributed by atoms with Crippen LogP contribution >= 0.6 is 11.3 Å². The van der Waals surface area contributed by atoms with E-state index in [1.807, 2.05) is 17.9 Å². The van der Waals surface area contributed by atoms with Crippen LogP contribution in [0.15, 0.2) is 41.2 Å². The van der Waals surface area contributed by atoms with E-state index in [0.29, 0.717) is 42.0 Å². The fraction of sp³-hybridized carbons (Fsp3) is 0.360. The van der Waals surface area contributed by atoms with Gasteiger partial charge in [-0.05, 0) is 44.0 Å². The molecule has 0 aliphatic carbocycles. The summed E-state index contributed by atoms with van der Waals surface area (Å²) in [5.74, 6) is 0.0605. The minimum absolute atomic E-state index is 0.0397. The second kappa shape index (κ2) is 8.95. The molecular formula is C25H24F4N4O2S. The summed E-state index contributed by atoms with van der Waals surface area (Å²) in [5.41, 5.74) is 0.869. The average Bonchev–Trinajstić information content (AvgIpc) is 3.50. The highest BCUT2D eigenvalue weighted by molar-refractivity contribution is 7.11. The minimum atomic E-state index is -4.63. The molecule has 0 saturated carbocycles. The van der Waals surface area contributed by atoms with Crippen molar-refractivity contribution in [1.29, 1.82) is 0 Å². The van der Waals surface area contributed by atoms with Crippen LogP contribution in [0.5, 0.6) is 5.75 Å². The van der Waals surface area contributed by atoms with Gasteiger partial charge in [0.15, 0.2) is 5.69 Å². The third-order valence-corrected chi connectivity index (χ3v) is 7.53. The molecule has 1 fully saturated rings. The number of anilines is 1. The Labute approximate surface area is 208 Å². The number of thiazole rings is 1. The summed E-state index contributed by atoms with van der Waals surface area (Å²) in [7, 11) is 1.46. The van der Waals surface area contributed by atoms with Crippen molar-refractivity contribution < 1.29 is 22.3 Å². The Morgan fingerprint density at radius 3 is 2.61 bits per heavy atom. The van der Waals surface area contributed by atoms with E-state index >= 15 is 0 Å². The predicted molar refractivity (Wildman–Crippen MR) is 131 cm³/mol. The number of halogens is 4. The van der Waals surface area contributed by atoms with Gasteiger partial charge < -0.3 is 9.64 Å². The van der Waals surface area contributed by atoms with Gasteiger partial charge in [-0.2, -0.15) is 13.2 Å². The molecule has 0 bridgehead atoms. The first-order chi connectivity index (χ1) is 17.1. The van der Waals surface area contributed by atoms with Gasteiger partial charge in [-0.25, -0.2) is 14.2 Å². The van der Waals surface area contributed by atoms with E-state index in [-0.39, 0.29) is 28.3 Å². The average molecular weight is 521 g/mol. The number of alkyl halides is 3. The molecule has 1 aliphatic rings. The van der Waals surface area contributed by atoms with Gasteiger partial charge >= 0.3 is 11.9 Å². The highest BCUT2D eigenvalue weighted by Crippen LogP contribution is 2.37. The third-order valence-electron chi connectivity index (χ3n) is 6.57. The lowest BCUT2D eigenvalue weighted by Gasteiger charge is -2.21. The molecule has 190 valence electrons. The number of methoxy groups -OCH3 is 1. The Kier molecular flexibility index (Phi) is 6.06. The molecular weight excluding hydrogens is 496 g/mol. The van der Waals surface area contributed by atoms with E-state index in [0.717, 1.165) is 16.9 Å². The van der Waals surface area contributed by atoms with Crippen molar-refractivity contribution in [1.82, 2.24) is 14.1 Å². The number of imidazole rings is 1. The van der Waals surface area contributed by atoms with Gasteiger partial charge in [-0.1, -0.05) is 18.2 Å². The first kappa shape index (κ1) is 24.4. The lowest BCUT2D eigenvalue weighted by atomic mass is 10.2. The topological polar surface area (TPSA) is 52.3 Å². The molecule has 1 aliphatic heterocycles. The van der Waals surface area contributed by atoms with Gasteiger partial charge in [0.2, 0.25) is 0 Å². The third kappa shape index (κ3) is 4.04. The van der Waals surface area contributed by atoms with Crippen LogP contribution in [-0.2, 0) is 12.7 Å². The number of aromatic nitrogens is 3. The Bertz CT molecular complexity index is 1480. The Balaban J connectivity index is 1.61. The zero-order valence-electron chi connectivity index (χ0n) is 19.9. The normalized spacial score (nSPS) is 16.3. The molecule has 0 spiro atoms. The second-order valence-corrected chi connectivity index (χ2v) is 10.2. The molecule has 36 heavy (non-hydrogen) atoms. The van der Waals surface area contributed by atoms with E-state index in [1.54, 1.807) is 28.8 Å². The molecule has 0 unspecified atom stereocenters. The van der Waals surface area contributed by atoms with Crippen LogP contribution in [0.3, 0.4) is 0 Å². The van der Waals surface area contributed by atoms with Crippen LogP contribution in [0, 0.1) is 19.7 Å². The molecule has 0 amide bonds. The number of hydrogen-bond donors (Lipinski definition) is 0. The number of rotatable bonds is 5. The van der Waals surface area contributed by atoms with Gasteiger partial charge in [0.05, 0.1) is 40.8 Å². The Hall–Kier alpha value is -3.34. The molecule has 5 rings (SSSR count). The van der Waals surface area contributed by atoms with Crippen molar-refractivity contribution in [2.45, 2.75) is 39.0 Å². The van der Waals surface area contributed by atoms with E-state index in [2.05, 4.69) is 4.98 Å². The van der Waals surface area contributed by atoms with Gasteiger partial charge in [0.1, 0.15) is 17.1 Å². The molecule has 6 nitrogen and oxygen atoms in total. The van der Waals surface area contributed by atoms with Gasteiger partial charge in [-0.3, -0.25) is 9.13 Å². The van der Waals surface area contributed by atoms with Crippen molar-refractivity contribution in [3.63, 3.8) is 0 Å². The zero-order valence-corrected chi connectivity index (χ0v) is 20.7. The molecule has 0 radical (unpaired) electrons. The van der Waals surface area contributed by atoms with Crippen LogP contribution in [0.25, 0.3) is 11.0 Å². The number of benzene rings is 2. The molecule has 2 aromatic heterocycles. The van der Waals surface area contributed by atoms with Crippen LogP contribution in [0.2, 0.25) is 0 Å². The second-order valence-electron chi connectivity index (χ2n) is 8.86. The summed E-state index contributed by atoms with van der Waals surface area (Å²) in [6, 6.07) is 9.79. The summed E-state index contributed by atoms with van der Waals surface area (Å²) < 4.78 is 64.0. The Morgan fingerprint density at radius 1 is 1.17 bits per heavy atom. The minimum Gasteiger partial charge on any atom is -0.494 e. The number of ether oxygens (including phenoxy) is 1. The molecule has 3 heterocycles. The highest BCUT2D eigenvalue weighted by atomic mass is 32.1. The summed E-state index contributed by atoms with van der Waals surface area (Å²) in [5, 5.41) is 0.271. The van der Waals surface area contributed by atoms with Crippen molar-refractivity contribution in [3.05, 3.63) is 73.8 Å². The van der Waals surface area contributed by atoms with Crippen LogP contribution < -0.4 is 15.3 Å². The van der Waals surface area contributed by atoms with Crippen molar-refractivity contribution in [3.8, 4) is 5.75 Å². The molecule has 1 saturated heterocycles. The van der Waals surface area contributed by atoms with Crippen molar-refractivity contribution in [2.75, 3.05) is 25.1 Å². The lowest BCUT2D eigenvalue weighted by molar-refractivity contribution is -0.141. The number of nitrogens with zero attached hydrogens (tertiary/aromatic N) is 4. The fourth-order valence-corrected chi connectivity index (χ4v) is 6.04. The van der Waals surface area contributed by atoms with Crippen molar-refractivity contribution in [2.24, 2.45) is 0 Å². The maximum Gasteiger partial charge on any atom is 0.434 e. The van der Waals surface area contributed by atoms with E-state index in [4.69, 9.17) is 4.74 Å². The smallest absolute Gasteiger partial charge is 0.434 e. The Morgan fingerprint density at radius 2 is 1.92 bits per heavy atom. The van der Waals surface area contributed by atoms with Crippen LogP contribution in [0.1, 0.15) is 33.6 Å². The lowest BCUT2D eigenvalue weighted by Crippen LogP contribution is -2.30. The zero-order chi connectivity index (χ0) is 25.8. The quantitative estimate of drug-likeness (QED) is 0.324. The fourth-order valence-electron chi connectivity index (χ4n) is 5.09. The monoisotopic (exact) mass is 520 g/mol. The standard InChI is InChI=1S/C25H24F4N4O2S/c1-14-6-4-7-17(26)21(14)31-11-10-16(12-31)33-18-8-5-9-19(35-3)22(18)32(24(33)34)13-20-23(25(27,28)29)30-15(2)36-20/h4-9,16H,10-13H2,1-3H3/t16-/m1/s1. The summed E-state index contributed by atoms with van der Waals surface area (Å²) >= 11 is 0.918. The van der Waals surface area contributed by atoms with E-state index < -0.39 is 17.6 Å². The van der Waals surface area contributed by atoms with E-state index in [1.165, 1.54) is 24.7 Å². The molecule has 2 aromatic carbocycles. The molecule has 0 N–H and O–H groups in total. The summed E-state index contributed by atoms with van der Waals surface area (Å²) in [6.45, 7) is 4.00. The van der Waals surface area contributed by atoms with Gasteiger partial charge in [0.25, 0.3) is 0 Å². The van der Waals surface area contributed by atoms with E-state index in [9.17, 15) is 22.4 Å². The summed E-state index contributed by atoms with van der Waals surface area (Å²) in [4.78, 5) is 19.3. The first-order valence-corrected chi connectivity index (χ1v) is 12.2. The first-order valence-electron chi connectivity index (χ1n) is 11.4. The number of aryl methyl sites for hydroxylation is 2. The highest BCUT2D eigenvalue weighted by Gasteiger charge is 2.38. The number of hydrogen-bond acceptors (Lipinski definition) is 5. The maximum absolute atomic E-state index is 14.6. The maximum atomic E-state index is 14.6. The van der Waals surface area contributed by atoms with Crippen LogP contribution in [0.4, 0.5) is 23.2 Å². The van der Waals surface area contributed by atoms with Crippen molar-refractivity contribution >= 4 is 28.1 Å². The largest absolute Gasteiger partial charge is 0.494 e.